The number of amides is 1. The quantitative estimate of drug-likeness (QED) is 0.465. The molecule has 0 saturated heterocycles. The number of fused-ring (bicyclic) bond motifs is 1. The lowest BCUT2D eigenvalue weighted by Gasteiger charge is -2.21. The summed E-state index contributed by atoms with van der Waals surface area (Å²) in [7, 11) is 3.10. The van der Waals surface area contributed by atoms with Gasteiger partial charge in [0.15, 0.2) is 17.7 Å². The molecule has 4 aromatic rings. The van der Waals surface area contributed by atoms with Crippen molar-refractivity contribution in [1.29, 1.82) is 0 Å². The molecule has 1 amide bonds. The van der Waals surface area contributed by atoms with Gasteiger partial charge in [-0.05, 0) is 47.4 Å². The molecule has 0 aliphatic rings. The maximum Gasteiger partial charge on any atom is 0.253 e. The van der Waals surface area contributed by atoms with E-state index < -0.39 is 6.17 Å². The number of benzene rings is 3. The van der Waals surface area contributed by atoms with Crippen molar-refractivity contribution in [2.24, 2.45) is 0 Å². The first-order chi connectivity index (χ1) is 15.5. The molecule has 0 aliphatic heterocycles. The van der Waals surface area contributed by atoms with Gasteiger partial charge in [-0.1, -0.05) is 55.5 Å². The fraction of sp³-hybridized carbons (Fsp3) is 0.240. The van der Waals surface area contributed by atoms with Gasteiger partial charge in [0, 0.05) is 5.56 Å². The summed E-state index contributed by atoms with van der Waals surface area (Å²) >= 11 is 0. The molecule has 0 saturated carbocycles. The van der Waals surface area contributed by atoms with Gasteiger partial charge in [0.25, 0.3) is 5.91 Å². The molecule has 0 aliphatic carbocycles. The van der Waals surface area contributed by atoms with E-state index in [0.29, 0.717) is 23.0 Å². The molecule has 1 atom stereocenters. The topological polar surface area (TPSA) is 78.3 Å². The molecule has 1 N–H and O–H groups in total. The fourth-order valence-electron chi connectivity index (χ4n) is 3.61. The molecule has 0 fully saturated rings. The minimum atomic E-state index is -0.538. The lowest BCUT2D eigenvalue weighted by atomic mass is 10.0. The summed E-state index contributed by atoms with van der Waals surface area (Å²) in [5, 5.41) is 11.7. The Morgan fingerprint density at radius 1 is 0.906 bits per heavy atom. The number of hydrogen-bond donors (Lipinski definition) is 1. The van der Waals surface area contributed by atoms with Crippen molar-refractivity contribution >= 4 is 16.9 Å². The molecule has 1 heterocycles. The molecule has 32 heavy (non-hydrogen) atoms. The predicted octanol–water partition coefficient (Wildman–Crippen LogP) is 4.55. The lowest BCUT2D eigenvalue weighted by molar-refractivity contribution is 0.0927. The first kappa shape index (κ1) is 21.4. The third-order valence-corrected chi connectivity index (χ3v) is 5.45. The van der Waals surface area contributed by atoms with Crippen LogP contribution in [0.1, 0.15) is 47.4 Å². The third-order valence-electron chi connectivity index (χ3n) is 5.45. The van der Waals surface area contributed by atoms with Crippen LogP contribution in [0, 0.1) is 0 Å². The van der Waals surface area contributed by atoms with Crippen molar-refractivity contribution < 1.29 is 14.3 Å². The van der Waals surface area contributed by atoms with Crippen molar-refractivity contribution in [2.75, 3.05) is 14.2 Å². The standard InChI is InChI=1S/C25H26N4O3/c1-16(2)17-9-11-18(12-10-17)24(29-21-8-6-5-7-20(21)27-28-29)26-25(30)19-13-14-22(31-3)23(15-19)32-4/h5-16,24H,1-4H3,(H,26,30). The molecule has 3 aromatic carbocycles. The van der Waals surface area contributed by atoms with Crippen molar-refractivity contribution in [1.82, 2.24) is 20.3 Å². The zero-order valence-electron chi connectivity index (χ0n) is 18.6. The molecule has 7 nitrogen and oxygen atoms in total. The molecule has 0 bridgehead atoms. The predicted molar refractivity (Wildman–Crippen MR) is 123 cm³/mol. The van der Waals surface area contributed by atoms with Gasteiger partial charge in [0.1, 0.15) is 5.52 Å². The Morgan fingerprint density at radius 2 is 1.59 bits per heavy atom. The van der Waals surface area contributed by atoms with Crippen LogP contribution in [-0.2, 0) is 0 Å². The van der Waals surface area contributed by atoms with Crippen LogP contribution in [0.3, 0.4) is 0 Å². The second-order valence-electron chi connectivity index (χ2n) is 7.79. The molecule has 1 aromatic heterocycles. The van der Waals surface area contributed by atoms with Gasteiger partial charge in [-0.15, -0.1) is 5.10 Å². The van der Waals surface area contributed by atoms with Crippen LogP contribution in [0.4, 0.5) is 0 Å². The second-order valence-corrected chi connectivity index (χ2v) is 7.79. The minimum absolute atomic E-state index is 0.261. The Kier molecular flexibility index (Phi) is 6.07. The number of nitrogens with one attached hydrogen (secondary N) is 1. The van der Waals surface area contributed by atoms with Gasteiger partial charge in [0.2, 0.25) is 0 Å². The van der Waals surface area contributed by atoms with Gasteiger partial charge in [-0.25, -0.2) is 4.68 Å². The van der Waals surface area contributed by atoms with Crippen LogP contribution in [0.5, 0.6) is 11.5 Å². The van der Waals surface area contributed by atoms with Gasteiger partial charge < -0.3 is 14.8 Å². The third kappa shape index (κ3) is 4.14. The lowest BCUT2D eigenvalue weighted by Crippen LogP contribution is -2.34. The molecule has 4 rings (SSSR count). The number of ether oxygens (including phenoxy) is 2. The maximum absolute atomic E-state index is 13.2. The Balaban J connectivity index is 1.73. The van der Waals surface area contributed by atoms with Crippen LogP contribution >= 0.6 is 0 Å². The van der Waals surface area contributed by atoms with Crippen LogP contribution in [0.25, 0.3) is 11.0 Å². The van der Waals surface area contributed by atoms with Crippen molar-refractivity contribution in [3.8, 4) is 11.5 Å². The van der Waals surface area contributed by atoms with E-state index in [0.717, 1.165) is 16.6 Å². The van der Waals surface area contributed by atoms with E-state index in [4.69, 9.17) is 9.47 Å². The van der Waals surface area contributed by atoms with Crippen LogP contribution in [0.2, 0.25) is 0 Å². The van der Waals surface area contributed by atoms with Gasteiger partial charge in [-0.3, -0.25) is 4.79 Å². The van der Waals surface area contributed by atoms with Crippen molar-refractivity contribution in [3.05, 3.63) is 83.4 Å². The number of methoxy groups -OCH3 is 2. The maximum atomic E-state index is 13.2. The largest absolute Gasteiger partial charge is 0.493 e. The minimum Gasteiger partial charge on any atom is -0.493 e. The normalized spacial score (nSPS) is 12.0. The van der Waals surface area contributed by atoms with E-state index >= 15 is 0 Å². The summed E-state index contributed by atoms with van der Waals surface area (Å²) in [6.45, 7) is 4.30. The van der Waals surface area contributed by atoms with Crippen molar-refractivity contribution in [3.63, 3.8) is 0 Å². The highest BCUT2D eigenvalue weighted by molar-refractivity contribution is 5.95. The summed E-state index contributed by atoms with van der Waals surface area (Å²) in [6.07, 6.45) is -0.538. The number of hydrogen-bond acceptors (Lipinski definition) is 5. The van der Waals surface area contributed by atoms with Crippen molar-refractivity contribution in [2.45, 2.75) is 25.9 Å². The number of para-hydroxylation sites is 1. The van der Waals surface area contributed by atoms with Gasteiger partial charge in [0.05, 0.1) is 19.7 Å². The molecule has 1 unspecified atom stereocenters. The fourth-order valence-corrected chi connectivity index (χ4v) is 3.61. The Hall–Kier alpha value is -3.87. The number of aromatic nitrogens is 3. The number of carbonyl (C=O) groups is 1. The number of rotatable bonds is 7. The summed E-state index contributed by atoms with van der Waals surface area (Å²) in [5.41, 5.74) is 4.17. The van der Waals surface area contributed by atoms with E-state index in [1.807, 2.05) is 36.4 Å². The van der Waals surface area contributed by atoms with E-state index in [1.54, 1.807) is 37.1 Å². The van der Waals surface area contributed by atoms with Gasteiger partial charge in [-0.2, -0.15) is 0 Å². The highest BCUT2D eigenvalue weighted by Gasteiger charge is 2.22. The van der Waals surface area contributed by atoms with Crippen LogP contribution < -0.4 is 14.8 Å². The van der Waals surface area contributed by atoms with Crippen LogP contribution in [-0.4, -0.2) is 35.1 Å². The Morgan fingerprint density at radius 3 is 2.28 bits per heavy atom. The summed E-state index contributed by atoms with van der Waals surface area (Å²) in [6, 6.07) is 20.9. The molecular weight excluding hydrogens is 404 g/mol. The van der Waals surface area contributed by atoms with E-state index in [2.05, 4.69) is 41.6 Å². The highest BCUT2D eigenvalue weighted by Crippen LogP contribution is 2.28. The smallest absolute Gasteiger partial charge is 0.253 e. The second kappa shape index (κ2) is 9.09. The molecular formula is C25H26N4O3. The van der Waals surface area contributed by atoms with E-state index in [-0.39, 0.29) is 5.91 Å². The number of nitrogens with zero attached hydrogens (tertiary/aromatic N) is 3. The number of carbonyl (C=O) groups excluding carboxylic acids is 1. The van der Waals surface area contributed by atoms with Gasteiger partial charge >= 0.3 is 0 Å². The first-order valence-electron chi connectivity index (χ1n) is 10.4. The van der Waals surface area contributed by atoms with E-state index in [9.17, 15) is 4.79 Å². The zero-order valence-corrected chi connectivity index (χ0v) is 18.6. The first-order valence-corrected chi connectivity index (χ1v) is 10.4. The molecule has 0 spiro atoms. The average molecular weight is 431 g/mol. The average Bonchev–Trinajstić information content (AvgIpc) is 3.26. The Labute approximate surface area is 187 Å². The van der Waals surface area contributed by atoms with Crippen LogP contribution in [0.15, 0.2) is 66.7 Å². The molecule has 164 valence electrons. The molecule has 0 radical (unpaired) electrons. The summed E-state index contributed by atoms with van der Waals surface area (Å²) < 4.78 is 12.4. The summed E-state index contributed by atoms with van der Waals surface area (Å²) in [4.78, 5) is 13.2. The van der Waals surface area contributed by atoms with E-state index in [1.165, 1.54) is 5.56 Å². The zero-order chi connectivity index (χ0) is 22.7. The molecule has 7 heteroatoms. The summed E-state index contributed by atoms with van der Waals surface area (Å²) in [5.74, 6) is 1.20. The monoisotopic (exact) mass is 430 g/mol. The SMILES string of the molecule is COc1ccc(C(=O)NC(c2ccc(C(C)C)cc2)n2nnc3ccccc32)cc1OC. The Bertz CT molecular complexity index is 1230. The highest BCUT2D eigenvalue weighted by atomic mass is 16.5.